The Morgan fingerprint density at radius 2 is 0.750 bits per heavy atom. The fourth-order valence-corrected chi connectivity index (χ4v) is 0. The van der Waals surface area contributed by atoms with Gasteiger partial charge in [-0.3, -0.25) is 0 Å². The Morgan fingerprint density at radius 1 is 0.750 bits per heavy atom. The van der Waals surface area contributed by atoms with Gasteiger partial charge in [0.15, 0.2) is 0 Å². The first-order valence-corrected chi connectivity index (χ1v) is 4.49. The van der Waals surface area contributed by atoms with Crippen molar-refractivity contribution in [2.24, 2.45) is 0 Å². The van der Waals surface area contributed by atoms with Crippen LogP contribution in [0.15, 0.2) is 0 Å². The summed E-state index contributed by atoms with van der Waals surface area (Å²) in [7, 11) is -10.3. The zero-order chi connectivity index (χ0) is 9.00. The average molecular weight is 302 g/mol. The maximum Gasteiger partial charge on any atom is 2.00 e. The zero-order valence-electron chi connectivity index (χ0n) is 4.99. The van der Waals surface area contributed by atoms with Crippen molar-refractivity contribution >= 4 is 15.6 Å². The maximum atomic E-state index is 8.66. The minimum absolute atomic E-state index is 0. The average Bonchev–Trinajstić information content (AvgIpc) is 1.12. The van der Waals surface area contributed by atoms with Gasteiger partial charge in [-0.2, -0.15) is 0 Å². The van der Waals surface area contributed by atoms with E-state index in [4.69, 9.17) is 38.5 Å². The summed E-state index contributed by atoms with van der Waals surface area (Å²) in [5, 5.41) is 0. The van der Waals surface area contributed by atoms with Gasteiger partial charge in [0.25, 0.3) is 0 Å². The van der Waals surface area contributed by atoms with Crippen molar-refractivity contribution in [1.29, 1.82) is 0 Å². The summed E-state index contributed by atoms with van der Waals surface area (Å²) in [5.74, 6) is 0. The van der Waals surface area contributed by atoms with Crippen molar-refractivity contribution in [2.75, 3.05) is 0 Å². The van der Waals surface area contributed by atoms with E-state index < -0.39 is 15.6 Å². The molecule has 74 valence electrons. The van der Waals surface area contributed by atoms with Crippen LogP contribution in [0, 0.1) is 0 Å². The molecule has 0 aliphatic rings. The standard InChI is InChI=1S/2Mn.2H3O4P/c;;2*1-5(2,3)4/h;;2*(H3,1,2,3,4)/q2*+2;;/p-4. The van der Waals surface area contributed by atoms with Gasteiger partial charge < -0.3 is 38.5 Å². The molecule has 0 saturated carbocycles. The largest absolute Gasteiger partial charge is 2.00 e. The molecular formula is H2Mn2O8P2. The normalized spacial score (nSPS) is 9.83. The molecule has 0 aliphatic heterocycles. The van der Waals surface area contributed by atoms with Crippen molar-refractivity contribution in [3.05, 3.63) is 0 Å². The fourth-order valence-electron chi connectivity index (χ4n) is 0. The number of hydrogen-bond donors (Lipinski definition) is 2. The molecule has 8 nitrogen and oxygen atoms in total. The van der Waals surface area contributed by atoms with Crippen molar-refractivity contribution in [3.63, 3.8) is 0 Å². The van der Waals surface area contributed by atoms with Gasteiger partial charge in [0.2, 0.25) is 0 Å². The monoisotopic (exact) mass is 302 g/mol. The summed E-state index contributed by atoms with van der Waals surface area (Å²) >= 11 is 0. The van der Waals surface area contributed by atoms with Crippen LogP contribution in [-0.2, 0) is 43.3 Å². The molecule has 0 unspecified atom stereocenters. The van der Waals surface area contributed by atoms with Gasteiger partial charge in [0, 0.05) is 0 Å². The zero-order valence-corrected chi connectivity index (χ0v) is 9.14. The van der Waals surface area contributed by atoms with E-state index in [1.807, 2.05) is 0 Å². The van der Waals surface area contributed by atoms with E-state index in [1.54, 1.807) is 0 Å². The molecule has 0 bridgehead atoms. The molecule has 0 spiro atoms. The third kappa shape index (κ3) is 748. The molecule has 0 rings (SSSR count). The van der Waals surface area contributed by atoms with E-state index in [9.17, 15) is 0 Å². The molecule has 2 N–H and O–H groups in total. The summed E-state index contributed by atoms with van der Waals surface area (Å²) in [4.78, 5) is 48.6. The Morgan fingerprint density at radius 3 is 0.750 bits per heavy atom. The predicted octanol–water partition coefficient (Wildman–Crippen LogP) is -4.39. The SMILES string of the molecule is O=P([O-])([O-])O.O=P([O-])([O-])O.[Mn+2].[Mn+2]. The first-order valence-electron chi connectivity index (χ1n) is 1.50. The summed E-state index contributed by atoms with van der Waals surface area (Å²) in [6.45, 7) is 0. The van der Waals surface area contributed by atoms with Crippen LogP contribution in [0.2, 0.25) is 0 Å². The van der Waals surface area contributed by atoms with Crippen LogP contribution in [0.25, 0.3) is 0 Å². The van der Waals surface area contributed by atoms with Gasteiger partial charge >= 0.3 is 34.1 Å². The van der Waals surface area contributed by atoms with E-state index in [-0.39, 0.29) is 34.1 Å². The Bertz CT molecular complexity index is 127. The number of hydrogen-bond acceptors (Lipinski definition) is 6. The third-order valence-electron chi connectivity index (χ3n) is 0. The Hall–Kier alpha value is 1.26. The predicted molar refractivity (Wildman–Crippen MR) is 19.7 cm³/mol. The van der Waals surface area contributed by atoms with Crippen LogP contribution in [0.5, 0.6) is 0 Å². The van der Waals surface area contributed by atoms with Crippen LogP contribution in [-0.4, -0.2) is 9.79 Å². The molecule has 12 heteroatoms. The smallest absolute Gasteiger partial charge is 0.790 e. The molecule has 0 heterocycles. The van der Waals surface area contributed by atoms with Crippen molar-refractivity contribution in [1.82, 2.24) is 0 Å². The van der Waals surface area contributed by atoms with Crippen molar-refractivity contribution in [3.8, 4) is 0 Å². The second-order valence-corrected chi connectivity index (χ2v) is 2.81. The summed E-state index contributed by atoms with van der Waals surface area (Å²) in [5.41, 5.74) is 0. The molecule has 0 aromatic carbocycles. The molecule has 0 fully saturated rings. The van der Waals surface area contributed by atoms with E-state index in [0.717, 1.165) is 0 Å². The minimum Gasteiger partial charge on any atom is -0.790 e. The molecule has 12 heavy (non-hydrogen) atoms. The Labute approximate surface area is 88.4 Å². The maximum absolute atomic E-state index is 8.66. The second kappa shape index (κ2) is 8.84. The Kier molecular flexibility index (Phi) is 17.1. The first kappa shape index (κ1) is 23.2. The quantitative estimate of drug-likeness (QED) is 0.334. The van der Waals surface area contributed by atoms with Gasteiger partial charge in [-0.15, -0.1) is 0 Å². The Balaban J connectivity index is -0.0000000457. The van der Waals surface area contributed by atoms with Crippen molar-refractivity contribution < 1.29 is 72.6 Å². The van der Waals surface area contributed by atoms with E-state index in [2.05, 4.69) is 0 Å². The van der Waals surface area contributed by atoms with Crippen molar-refractivity contribution in [2.45, 2.75) is 0 Å². The van der Waals surface area contributed by atoms with Gasteiger partial charge in [-0.25, -0.2) is 0 Å². The molecule has 0 saturated heterocycles. The molecule has 0 aromatic rings. The summed E-state index contributed by atoms with van der Waals surface area (Å²) in [6.07, 6.45) is 0. The van der Waals surface area contributed by atoms with Crippen LogP contribution < -0.4 is 19.6 Å². The molecule has 0 amide bonds. The van der Waals surface area contributed by atoms with Crippen LogP contribution in [0.3, 0.4) is 0 Å². The fraction of sp³-hybridized carbons (Fsp3) is 0. The second-order valence-electron chi connectivity index (χ2n) is 0.937. The van der Waals surface area contributed by atoms with E-state index in [0.29, 0.717) is 0 Å². The molecule has 2 radical (unpaired) electrons. The first-order chi connectivity index (χ1) is 4.00. The van der Waals surface area contributed by atoms with E-state index >= 15 is 0 Å². The van der Waals surface area contributed by atoms with Crippen LogP contribution in [0.1, 0.15) is 0 Å². The molecule has 0 aromatic heterocycles. The third-order valence-corrected chi connectivity index (χ3v) is 0. The molecule has 0 aliphatic carbocycles. The van der Waals surface area contributed by atoms with Gasteiger partial charge in [0.05, 0.1) is 15.6 Å². The topological polar surface area (TPSA) is 167 Å². The number of rotatable bonds is 0. The summed E-state index contributed by atoms with van der Waals surface area (Å²) < 4.78 is 17.3. The molecular weight excluding hydrogens is 300 g/mol. The minimum atomic E-state index is -5.14. The van der Waals surface area contributed by atoms with Gasteiger partial charge in [-0.05, 0) is 0 Å². The van der Waals surface area contributed by atoms with Gasteiger partial charge in [-0.1, -0.05) is 0 Å². The van der Waals surface area contributed by atoms with Crippen LogP contribution >= 0.6 is 15.6 Å². The molecule has 0 atom stereocenters. The van der Waals surface area contributed by atoms with Gasteiger partial charge in [0.1, 0.15) is 0 Å². The van der Waals surface area contributed by atoms with Crippen LogP contribution in [0.4, 0.5) is 0 Å². The summed E-state index contributed by atoms with van der Waals surface area (Å²) in [6, 6.07) is 0. The number of phosphoric acid groups is 2. The van der Waals surface area contributed by atoms with E-state index in [1.165, 1.54) is 0 Å².